The van der Waals surface area contributed by atoms with E-state index in [1.54, 1.807) is 42.5 Å². The van der Waals surface area contributed by atoms with Crippen molar-refractivity contribution < 1.29 is 32.3 Å². The van der Waals surface area contributed by atoms with Crippen LogP contribution in [0.5, 0.6) is 0 Å². The molecular weight excluding hydrogens is 320 g/mol. The Morgan fingerprint density at radius 1 is 1.04 bits per heavy atom. The summed E-state index contributed by atoms with van der Waals surface area (Å²) in [6.45, 7) is 2.03. The Kier molecular flexibility index (Phi) is 12.2. The second-order valence-corrected chi connectivity index (χ2v) is 7.99. The van der Waals surface area contributed by atoms with E-state index in [0.29, 0.717) is 37.5 Å². The summed E-state index contributed by atoms with van der Waals surface area (Å²) >= 11 is 0. The van der Waals surface area contributed by atoms with Crippen LogP contribution in [0.25, 0.3) is 0 Å². The van der Waals surface area contributed by atoms with Gasteiger partial charge in [-0.05, 0) is 19.8 Å². The minimum absolute atomic E-state index is 0.259. The van der Waals surface area contributed by atoms with E-state index in [4.69, 9.17) is 27.5 Å². The number of carbonyl (C=O) groups is 1. The van der Waals surface area contributed by atoms with Gasteiger partial charge in [0.15, 0.2) is 6.29 Å². The van der Waals surface area contributed by atoms with Crippen LogP contribution in [0.3, 0.4) is 0 Å². The number of hydrogen-bond acceptors (Lipinski definition) is 7. The maximum Gasteiger partial charge on any atom is 0.500 e. The number of allylic oxidation sites excluding steroid dienone is 1. The van der Waals surface area contributed by atoms with Crippen LogP contribution < -0.4 is 0 Å². The van der Waals surface area contributed by atoms with Gasteiger partial charge in [-0.2, -0.15) is 0 Å². The van der Waals surface area contributed by atoms with Crippen molar-refractivity contribution in [3.8, 4) is 0 Å². The highest BCUT2D eigenvalue weighted by Crippen LogP contribution is 2.15. The predicted molar refractivity (Wildman–Crippen MR) is 88.0 cm³/mol. The molecular formula is C15H30O7Si. The molecule has 0 aromatic rings. The fourth-order valence-corrected chi connectivity index (χ4v) is 3.66. The Morgan fingerprint density at radius 3 is 2.09 bits per heavy atom. The van der Waals surface area contributed by atoms with Crippen LogP contribution in [0.4, 0.5) is 0 Å². The van der Waals surface area contributed by atoms with E-state index >= 15 is 0 Å². The van der Waals surface area contributed by atoms with E-state index in [0.717, 1.165) is 0 Å². The fraction of sp³-hybridized carbons (Fsp3) is 0.800. The molecule has 7 nitrogen and oxygen atoms in total. The van der Waals surface area contributed by atoms with Gasteiger partial charge in [-0.3, -0.25) is 0 Å². The van der Waals surface area contributed by atoms with E-state index in [1.165, 1.54) is 0 Å². The molecule has 0 aliphatic heterocycles. The second kappa shape index (κ2) is 12.6. The first-order valence-electron chi connectivity index (χ1n) is 7.53. The lowest BCUT2D eigenvalue weighted by Crippen LogP contribution is -2.42. The Morgan fingerprint density at radius 2 is 1.61 bits per heavy atom. The molecule has 0 radical (unpaired) electrons. The standard InChI is InChI=1S/C15H30O7Si/c1-13(9-7-10-14(17-2)18-3)15(16)22-11-8-12-23(19-4,20-5)21-6/h9,14H,7-8,10-12H2,1-6H3. The zero-order valence-corrected chi connectivity index (χ0v) is 16.0. The van der Waals surface area contributed by atoms with Gasteiger partial charge >= 0.3 is 14.8 Å². The van der Waals surface area contributed by atoms with Gasteiger partial charge in [-0.1, -0.05) is 6.08 Å². The van der Waals surface area contributed by atoms with Crippen molar-refractivity contribution in [3.05, 3.63) is 11.6 Å². The minimum Gasteiger partial charge on any atom is -0.462 e. The maximum absolute atomic E-state index is 11.9. The number of ether oxygens (including phenoxy) is 3. The molecule has 0 N–H and O–H groups in total. The number of hydrogen-bond donors (Lipinski definition) is 0. The van der Waals surface area contributed by atoms with Gasteiger partial charge in [0.25, 0.3) is 0 Å². The van der Waals surface area contributed by atoms with Gasteiger partial charge in [-0.25, -0.2) is 4.79 Å². The van der Waals surface area contributed by atoms with Gasteiger partial charge in [0.1, 0.15) is 0 Å². The van der Waals surface area contributed by atoms with Crippen molar-refractivity contribution in [2.45, 2.75) is 38.5 Å². The molecule has 0 unspecified atom stereocenters. The number of methoxy groups -OCH3 is 2. The van der Waals surface area contributed by atoms with Crippen LogP contribution in [0.2, 0.25) is 6.04 Å². The third kappa shape index (κ3) is 8.59. The summed E-state index contributed by atoms with van der Waals surface area (Å²) in [7, 11) is 5.26. The molecule has 0 fully saturated rings. The maximum atomic E-state index is 11.9. The molecule has 0 aliphatic rings. The van der Waals surface area contributed by atoms with Crippen molar-refractivity contribution in [1.82, 2.24) is 0 Å². The molecule has 0 heterocycles. The SMILES string of the molecule is COC(CCC=C(C)C(=O)OCCC[Si](OC)(OC)OC)OC. The zero-order valence-electron chi connectivity index (χ0n) is 15.0. The van der Waals surface area contributed by atoms with Crippen LogP contribution in [0.1, 0.15) is 26.2 Å². The summed E-state index contributed by atoms with van der Waals surface area (Å²) in [4.78, 5) is 11.9. The first-order chi connectivity index (χ1) is 11.0. The summed E-state index contributed by atoms with van der Waals surface area (Å²) in [5.74, 6) is -0.323. The molecule has 136 valence electrons. The molecule has 0 saturated carbocycles. The Labute approximate surface area is 140 Å². The molecule has 0 atom stereocenters. The Bertz CT molecular complexity index is 343. The topological polar surface area (TPSA) is 72.5 Å². The zero-order chi connectivity index (χ0) is 17.7. The molecule has 0 aromatic heterocycles. The fourth-order valence-electron chi connectivity index (χ4n) is 1.97. The average Bonchev–Trinajstić information content (AvgIpc) is 2.59. The highest BCUT2D eigenvalue weighted by atomic mass is 28.4. The number of esters is 1. The van der Waals surface area contributed by atoms with Crippen LogP contribution in [0.15, 0.2) is 11.6 Å². The van der Waals surface area contributed by atoms with Gasteiger partial charge in [-0.15, -0.1) is 0 Å². The number of rotatable bonds is 13. The van der Waals surface area contributed by atoms with E-state index in [2.05, 4.69) is 0 Å². The summed E-state index contributed by atoms with van der Waals surface area (Å²) in [6, 6.07) is 0.593. The predicted octanol–water partition coefficient (Wildman–Crippen LogP) is 2.14. The van der Waals surface area contributed by atoms with Gasteiger partial charge in [0.2, 0.25) is 0 Å². The lowest BCUT2D eigenvalue weighted by Gasteiger charge is -2.24. The minimum atomic E-state index is -2.59. The summed E-state index contributed by atoms with van der Waals surface area (Å²) in [5.41, 5.74) is 0.574. The molecule has 0 bridgehead atoms. The molecule has 0 rings (SSSR count). The molecule has 8 heteroatoms. The van der Waals surface area contributed by atoms with Gasteiger partial charge < -0.3 is 27.5 Å². The van der Waals surface area contributed by atoms with Crippen LogP contribution in [0, 0.1) is 0 Å². The van der Waals surface area contributed by atoms with Crippen molar-refractivity contribution in [3.63, 3.8) is 0 Å². The van der Waals surface area contributed by atoms with Crippen molar-refractivity contribution >= 4 is 14.8 Å². The highest BCUT2D eigenvalue weighted by molar-refractivity contribution is 6.60. The van der Waals surface area contributed by atoms with Crippen LogP contribution >= 0.6 is 0 Å². The van der Waals surface area contributed by atoms with Crippen LogP contribution in [-0.4, -0.2) is 63.2 Å². The van der Waals surface area contributed by atoms with E-state index in [1.807, 2.05) is 6.08 Å². The third-order valence-corrected chi connectivity index (χ3v) is 6.33. The van der Waals surface area contributed by atoms with Crippen LogP contribution in [-0.2, 0) is 32.3 Å². The lowest BCUT2D eigenvalue weighted by atomic mass is 10.2. The normalized spacial score (nSPS) is 12.7. The van der Waals surface area contributed by atoms with Gasteiger partial charge in [0.05, 0.1) is 6.61 Å². The Hall–Kier alpha value is -0.773. The first kappa shape index (κ1) is 22.2. The quantitative estimate of drug-likeness (QED) is 0.166. The first-order valence-corrected chi connectivity index (χ1v) is 9.46. The summed E-state index contributed by atoms with van der Waals surface area (Å²) in [6.07, 6.45) is 3.55. The van der Waals surface area contributed by atoms with Gasteiger partial charge in [0, 0.05) is 53.6 Å². The molecule has 0 spiro atoms. The third-order valence-electron chi connectivity index (χ3n) is 3.49. The van der Waals surface area contributed by atoms with Crippen molar-refractivity contribution in [1.29, 1.82) is 0 Å². The molecule has 0 aromatic carbocycles. The van der Waals surface area contributed by atoms with E-state index in [-0.39, 0.29) is 12.3 Å². The van der Waals surface area contributed by atoms with Crippen molar-refractivity contribution in [2.24, 2.45) is 0 Å². The molecule has 0 saturated heterocycles. The smallest absolute Gasteiger partial charge is 0.462 e. The largest absolute Gasteiger partial charge is 0.500 e. The van der Waals surface area contributed by atoms with Crippen molar-refractivity contribution in [2.75, 3.05) is 42.2 Å². The lowest BCUT2D eigenvalue weighted by molar-refractivity contribution is -0.139. The monoisotopic (exact) mass is 350 g/mol. The van der Waals surface area contributed by atoms with E-state index < -0.39 is 8.80 Å². The molecule has 0 aliphatic carbocycles. The molecule has 0 amide bonds. The summed E-state index contributed by atoms with van der Waals surface area (Å²) < 4.78 is 31.3. The Balaban J connectivity index is 4.09. The number of carbonyl (C=O) groups excluding carboxylic acids is 1. The summed E-state index contributed by atoms with van der Waals surface area (Å²) in [5, 5.41) is 0. The second-order valence-electron chi connectivity index (χ2n) is 4.90. The molecule has 23 heavy (non-hydrogen) atoms. The average molecular weight is 350 g/mol. The van der Waals surface area contributed by atoms with E-state index in [9.17, 15) is 4.79 Å². The highest BCUT2D eigenvalue weighted by Gasteiger charge is 2.36.